The van der Waals surface area contributed by atoms with E-state index in [0.717, 1.165) is 24.1 Å². The lowest BCUT2D eigenvalue weighted by Gasteiger charge is -2.22. The van der Waals surface area contributed by atoms with Crippen LogP contribution in [-0.4, -0.2) is 69.6 Å². The van der Waals surface area contributed by atoms with Crippen molar-refractivity contribution in [2.24, 2.45) is 5.41 Å². The van der Waals surface area contributed by atoms with Gasteiger partial charge in [-0.3, -0.25) is 4.79 Å². The number of hydrogen-bond acceptors (Lipinski definition) is 11. The van der Waals surface area contributed by atoms with Gasteiger partial charge in [-0.1, -0.05) is 18.3 Å². The summed E-state index contributed by atoms with van der Waals surface area (Å²) in [6.07, 6.45) is 5.06. The number of ether oxygens (including phenoxy) is 1. The summed E-state index contributed by atoms with van der Waals surface area (Å²) >= 11 is 4.87. The predicted octanol–water partition coefficient (Wildman–Crippen LogP) is 3.50. The first kappa shape index (κ1) is 27.4. The number of halogens is 1. The Labute approximate surface area is 237 Å². The molecule has 1 amide bonds. The van der Waals surface area contributed by atoms with Crippen LogP contribution in [0.1, 0.15) is 31.2 Å². The van der Waals surface area contributed by atoms with Crippen molar-refractivity contribution >= 4 is 60.0 Å². The smallest absolute Gasteiger partial charge is 0.225 e. The maximum Gasteiger partial charge on any atom is 0.225 e. The van der Waals surface area contributed by atoms with Crippen LogP contribution in [0.25, 0.3) is 27.3 Å². The number of aromatic nitrogens is 6. The SMILES string of the molecule is CNC(=O)[C@]1(C)CC[C@@H](Nc2ncc3c(Br)nn(-c4ccc(-c5nnc(C)s5)c(OCS(C)(=O)=O)c4)c3n2)C1. The molecule has 3 heterocycles. The maximum absolute atomic E-state index is 12.3. The molecule has 3 aromatic heterocycles. The standard InChI is InChI=1S/C24H27BrN8O4S2/c1-13-30-31-21(38-13)16-6-5-15(9-18(16)37-12-39(4,35)36)33-20-17(19(25)32-33)11-27-23(29-20)28-14-7-8-24(2,10-14)22(34)26-3/h5-6,9,11,14H,7-8,10,12H2,1-4H3,(H,26,34)(H,27,28,29)/t14-,24-/m1/s1. The quantitative estimate of drug-likeness (QED) is 0.294. The second kappa shape index (κ2) is 10.4. The van der Waals surface area contributed by atoms with E-state index in [4.69, 9.17) is 9.72 Å². The van der Waals surface area contributed by atoms with Crippen LogP contribution in [0.3, 0.4) is 0 Å². The predicted molar refractivity (Wildman–Crippen MR) is 152 cm³/mol. The van der Waals surface area contributed by atoms with E-state index in [2.05, 4.69) is 46.8 Å². The van der Waals surface area contributed by atoms with Gasteiger partial charge in [-0.2, -0.15) is 10.1 Å². The maximum atomic E-state index is 12.3. The number of carbonyl (C=O) groups excluding carboxylic acids is 1. The van der Waals surface area contributed by atoms with E-state index in [1.165, 1.54) is 11.3 Å². The van der Waals surface area contributed by atoms with E-state index < -0.39 is 21.2 Å². The molecule has 15 heteroatoms. The van der Waals surface area contributed by atoms with Crippen molar-refractivity contribution in [1.82, 2.24) is 35.3 Å². The summed E-state index contributed by atoms with van der Waals surface area (Å²) in [6.45, 7) is 3.82. The van der Waals surface area contributed by atoms with E-state index in [9.17, 15) is 13.2 Å². The number of hydrogen-bond donors (Lipinski definition) is 2. The zero-order chi connectivity index (χ0) is 27.9. The highest BCUT2D eigenvalue weighted by Gasteiger charge is 2.41. The summed E-state index contributed by atoms with van der Waals surface area (Å²) in [5.41, 5.74) is 1.34. The number of benzene rings is 1. The minimum absolute atomic E-state index is 0.0335. The first-order valence-electron chi connectivity index (χ1n) is 12.1. The normalized spacial score (nSPS) is 19.4. The van der Waals surface area contributed by atoms with Crippen molar-refractivity contribution in [3.05, 3.63) is 34.0 Å². The van der Waals surface area contributed by atoms with Crippen molar-refractivity contribution in [3.63, 3.8) is 0 Å². The number of fused-ring (bicyclic) bond motifs is 1. The minimum atomic E-state index is -3.40. The second-order valence-electron chi connectivity index (χ2n) is 9.85. The van der Waals surface area contributed by atoms with Gasteiger partial charge in [-0.25, -0.2) is 18.1 Å². The molecule has 12 nitrogen and oxygen atoms in total. The summed E-state index contributed by atoms with van der Waals surface area (Å²) in [5, 5.41) is 21.1. The average molecular weight is 636 g/mol. The van der Waals surface area contributed by atoms with Crippen LogP contribution < -0.4 is 15.4 Å². The Morgan fingerprint density at radius 2 is 2.13 bits per heavy atom. The fourth-order valence-corrected chi connectivity index (χ4v) is 6.19. The number of nitrogens with zero attached hydrogens (tertiary/aromatic N) is 6. The van der Waals surface area contributed by atoms with Crippen LogP contribution in [0.4, 0.5) is 5.95 Å². The molecule has 0 spiro atoms. The fraction of sp³-hybridized carbons (Fsp3) is 0.417. The van der Waals surface area contributed by atoms with Gasteiger partial charge in [0.05, 0.1) is 16.6 Å². The molecule has 5 rings (SSSR count). The molecule has 0 radical (unpaired) electrons. The van der Waals surface area contributed by atoms with Crippen molar-refractivity contribution < 1.29 is 17.9 Å². The lowest BCUT2D eigenvalue weighted by atomic mass is 9.87. The molecule has 206 valence electrons. The molecule has 0 aliphatic heterocycles. The molecule has 2 atom stereocenters. The third kappa shape index (κ3) is 5.75. The van der Waals surface area contributed by atoms with Gasteiger partial charge in [0.1, 0.15) is 15.4 Å². The van der Waals surface area contributed by atoms with Gasteiger partial charge in [-0.15, -0.1) is 10.2 Å². The number of nitrogens with one attached hydrogen (secondary N) is 2. The first-order valence-corrected chi connectivity index (χ1v) is 15.8. The van der Waals surface area contributed by atoms with Crippen LogP contribution in [-0.2, 0) is 14.6 Å². The summed E-state index contributed by atoms with van der Waals surface area (Å²) in [6, 6.07) is 5.39. The van der Waals surface area contributed by atoms with Crippen molar-refractivity contribution in [2.45, 2.75) is 39.2 Å². The second-order valence-corrected chi connectivity index (χ2v) is 13.9. The summed E-state index contributed by atoms with van der Waals surface area (Å²) in [7, 11) is -1.74. The highest BCUT2D eigenvalue weighted by molar-refractivity contribution is 9.10. The minimum Gasteiger partial charge on any atom is -0.477 e. The van der Waals surface area contributed by atoms with E-state index in [-0.39, 0.29) is 11.9 Å². The highest BCUT2D eigenvalue weighted by Crippen LogP contribution is 2.39. The first-order chi connectivity index (χ1) is 18.5. The summed E-state index contributed by atoms with van der Waals surface area (Å²) < 4.78 is 31.6. The van der Waals surface area contributed by atoms with E-state index in [0.29, 0.717) is 50.0 Å². The Kier molecular flexibility index (Phi) is 7.33. The van der Waals surface area contributed by atoms with Crippen molar-refractivity contribution in [2.75, 3.05) is 24.6 Å². The van der Waals surface area contributed by atoms with Gasteiger partial charge >= 0.3 is 0 Å². The van der Waals surface area contributed by atoms with Crippen LogP contribution in [0.15, 0.2) is 29.0 Å². The van der Waals surface area contributed by atoms with Gasteiger partial charge in [0.25, 0.3) is 0 Å². The number of amides is 1. The molecule has 1 saturated carbocycles. The highest BCUT2D eigenvalue weighted by atomic mass is 79.9. The summed E-state index contributed by atoms with van der Waals surface area (Å²) in [5.74, 6) is 0.306. The van der Waals surface area contributed by atoms with E-state index >= 15 is 0 Å². The van der Waals surface area contributed by atoms with Crippen LogP contribution in [0.5, 0.6) is 5.75 Å². The number of carbonyl (C=O) groups is 1. The van der Waals surface area contributed by atoms with Crippen LogP contribution in [0.2, 0.25) is 0 Å². The molecule has 1 aliphatic carbocycles. The molecular formula is C24H27BrN8O4S2. The third-order valence-electron chi connectivity index (χ3n) is 6.62. The van der Waals surface area contributed by atoms with Gasteiger partial charge < -0.3 is 15.4 Å². The topological polar surface area (TPSA) is 154 Å². The average Bonchev–Trinajstić information content (AvgIpc) is 3.59. The van der Waals surface area contributed by atoms with E-state index in [1.54, 1.807) is 30.1 Å². The molecule has 0 unspecified atom stereocenters. The lowest BCUT2D eigenvalue weighted by molar-refractivity contribution is -0.129. The number of aryl methyl sites for hydroxylation is 1. The molecule has 1 fully saturated rings. The molecule has 4 aromatic rings. The zero-order valence-corrected chi connectivity index (χ0v) is 24.9. The lowest BCUT2D eigenvalue weighted by Crippen LogP contribution is -2.35. The van der Waals surface area contributed by atoms with Crippen LogP contribution in [0, 0.1) is 12.3 Å². The van der Waals surface area contributed by atoms with Crippen LogP contribution >= 0.6 is 27.3 Å². The van der Waals surface area contributed by atoms with Gasteiger partial charge in [0, 0.05) is 37.0 Å². The fourth-order valence-electron chi connectivity index (χ4n) is 4.69. The monoisotopic (exact) mass is 634 g/mol. The Hall–Kier alpha value is -3.17. The molecule has 1 aliphatic rings. The van der Waals surface area contributed by atoms with Gasteiger partial charge in [-0.05, 0) is 54.2 Å². The van der Waals surface area contributed by atoms with Gasteiger partial charge in [0.15, 0.2) is 26.4 Å². The van der Waals surface area contributed by atoms with E-state index in [1.807, 2.05) is 19.9 Å². The largest absolute Gasteiger partial charge is 0.477 e. The molecule has 39 heavy (non-hydrogen) atoms. The molecular weight excluding hydrogens is 608 g/mol. The Morgan fingerprint density at radius 1 is 1.33 bits per heavy atom. The summed E-state index contributed by atoms with van der Waals surface area (Å²) in [4.78, 5) is 21.5. The molecule has 1 aromatic carbocycles. The van der Waals surface area contributed by atoms with Crippen molar-refractivity contribution in [3.8, 4) is 22.0 Å². The Morgan fingerprint density at radius 3 is 2.82 bits per heavy atom. The number of anilines is 1. The Balaban J connectivity index is 1.50. The third-order valence-corrected chi connectivity index (χ3v) is 8.63. The number of sulfone groups is 1. The molecule has 2 N–H and O–H groups in total. The molecule has 0 bridgehead atoms. The van der Waals surface area contributed by atoms with Crippen molar-refractivity contribution in [1.29, 1.82) is 0 Å². The Bertz CT molecular complexity index is 1670. The zero-order valence-electron chi connectivity index (χ0n) is 21.7. The number of rotatable bonds is 8. The molecule has 0 saturated heterocycles. The van der Waals surface area contributed by atoms with Gasteiger partial charge in [0.2, 0.25) is 11.9 Å².